The van der Waals surface area contributed by atoms with Crippen molar-refractivity contribution in [1.82, 2.24) is 15.5 Å². The van der Waals surface area contributed by atoms with E-state index in [2.05, 4.69) is 26.5 Å². The minimum atomic E-state index is -0.0591. The smallest absolute Gasteiger partial charge is 0.314 e. The van der Waals surface area contributed by atoms with Crippen LogP contribution in [0, 0.1) is 5.92 Å². The van der Waals surface area contributed by atoms with Gasteiger partial charge in [0.15, 0.2) is 0 Å². The van der Waals surface area contributed by atoms with Crippen molar-refractivity contribution < 1.29 is 4.79 Å². The van der Waals surface area contributed by atoms with E-state index in [9.17, 15) is 4.79 Å². The molecule has 1 aliphatic heterocycles. The number of carbonyl (C=O) groups is 1. The predicted octanol–water partition coefficient (Wildman–Crippen LogP) is 3.99. The summed E-state index contributed by atoms with van der Waals surface area (Å²) < 4.78 is 0. The van der Waals surface area contributed by atoms with Gasteiger partial charge in [-0.1, -0.05) is 29.3 Å². The summed E-state index contributed by atoms with van der Waals surface area (Å²) in [6, 6.07) is 6.13. The molecule has 150 valence electrons. The molecule has 5 nitrogen and oxygen atoms in total. The zero-order valence-electron chi connectivity index (χ0n) is 16.0. The first-order valence-corrected chi connectivity index (χ1v) is 10.7. The molecule has 0 atom stereocenters. The lowest BCUT2D eigenvalue weighted by Crippen LogP contribution is -2.47. The van der Waals surface area contributed by atoms with Gasteiger partial charge in [0.05, 0.1) is 15.7 Å². The van der Waals surface area contributed by atoms with Crippen LogP contribution in [0.4, 0.5) is 10.5 Å². The van der Waals surface area contributed by atoms with Gasteiger partial charge in [-0.2, -0.15) is 0 Å². The average molecular weight is 413 g/mol. The first-order valence-electron chi connectivity index (χ1n) is 9.96. The Kier molecular flexibility index (Phi) is 7.50. The minimum Gasteiger partial charge on any atom is -0.368 e. The van der Waals surface area contributed by atoms with Crippen LogP contribution in [0.3, 0.4) is 0 Å². The lowest BCUT2D eigenvalue weighted by atomic mass is 9.84. The Bertz CT molecular complexity index is 626. The third-order valence-electron chi connectivity index (χ3n) is 5.91. The van der Waals surface area contributed by atoms with Gasteiger partial charge in [0.25, 0.3) is 0 Å². The molecular formula is C20H30Cl2N4O. The lowest BCUT2D eigenvalue weighted by Gasteiger charge is -2.37. The highest BCUT2D eigenvalue weighted by Gasteiger charge is 2.24. The molecule has 2 aliphatic rings. The van der Waals surface area contributed by atoms with Crippen molar-refractivity contribution in [1.29, 1.82) is 0 Å². The normalized spacial score (nSPS) is 23.9. The number of anilines is 1. The molecule has 1 aromatic carbocycles. The number of nitrogens with one attached hydrogen (secondary N) is 2. The number of carbonyl (C=O) groups excluding carboxylic acids is 1. The first-order chi connectivity index (χ1) is 13.1. The van der Waals surface area contributed by atoms with Gasteiger partial charge in [0, 0.05) is 39.3 Å². The molecule has 0 spiro atoms. The van der Waals surface area contributed by atoms with E-state index in [0.717, 1.165) is 57.2 Å². The predicted molar refractivity (Wildman–Crippen MR) is 113 cm³/mol. The van der Waals surface area contributed by atoms with Gasteiger partial charge in [0.2, 0.25) is 0 Å². The number of hydrogen-bond donors (Lipinski definition) is 2. The van der Waals surface area contributed by atoms with E-state index in [4.69, 9.17) is 23.2 Å². The summed E-state index contributed by atoms with van der Waals surface area (Å²) in [7, 11) is 1.67. The summed E-state index contributed by atoms with van der Waals surface area (Å²) in [5, 5.41) is 6.96. The Hall–Kier alpha value is -1.17. The second-order valence-electron chi connectivity index (χ2n) is 7.63. The maximum Gasteiger partial charge on any atom is 0.314 e. The van der Waals surface area contributed by atoms with E-state index >= 15 is 0 Å². The Labute approximate surface area is 172 Å². The largest absolute Gasteiger partial charge is 0.368 e. The van der Waals surface area contributed by atoms with Crippen molar-refractivity contribution in [3.63, 3.8) is 0 Å². The van der Waals surface area contributed by atoms with Crippen LogP contribution >= 0.6 is 23.2 Å². The maximum atomic E-state index is 11.4. The van der Waals surface area contributed by atoms with Crippen molar-refractivity contribution in [2.45, 2.75) is 38.1 Å². The van der Waals surface area contributed by atoms with E-state index in [1.807, 2.05) is 12.1 Å². The second-order valence-corrected chi connectivity index (χ2v) is 8.42. The highest BCUT2D eigenvalue weighted by Crippen LogP contribution is 2.33. The number of halogens is 2. The maximum absolute atomic E-state index is 11.4. The van der Waals surface area contributed by atoms with Crippen molar-refractivity contribution in [2.75, 3.05) is 44.7 Å². The fourth-order valence-corrected chi connectivity index (χ4v) is 4.58. The number of benzene rings is 1. The molecule has 0 unspecified atom stereocenters. The number of nitrogens with zero attached hydrogens (tertiary/aromatic N) is 2. The van der Waals surface area contributed by atoms with E-state index in [1.165, 1.54) is 19.3 Å². The summed E-state index contributed by atoms with van der Waals surface area (Å²) >= 11 is 12.5. The minimum absolute atomic E-state index is 0.0591. The lowest BCUT2D eigenvalue weighted by molar-refractivity contribution is 0.206. The van der Waals surface area contributed by atoms with Crippen LogP contribution in [-0.2, 0) is 0 Å². The highest BCUT2D eigenvalue weighted by molar-refractivity contribution is 6.43. The molecule has 0 bridgehead atoms. The molecule has 1 aromatic rings. The third-order valence-corrected chi connectivity index (χ3v) is 6.72. The summed E-state index contributed by atoms with van der Waals surface area (Å²) in [4.78, 5) is 16.3. The standard InChI is InChI=1S/C20H30Cl2N4O/c1-23-20(27)24-16-7-5-15(6-8-16)9-10-25-11-13-26(14-12-25)18-4-2-3-17(21)19(18)22/h2-4,15-16H,5-14H2,1H3,(H2,23,24,27)/t15-,16-. The van der Waals surface area contributed by atoms with Crippen LogP contribution in [0.15, 0.2) is 18.2 Å². The quantitative estimate of drug-likeness (QED) is 0.768. The SMILES string of the molecule is CNC(=O)N[C@H]1CC[C@H](CCN2CCN(c3cccc(Cl)c3Cl)CC2)CC1. The molecule has 0 radical (unpaired) electrons. The van der Waals surface area contributed by atoms with Gasteiger partial charge in [-0.05, 0) is 56.7 Å². The molecule has 1 saturated heterocycles. The van der Waals surface area contributed by atoms with Crippen LogP contribution in [-0.4, -0.2) is 56.7 Å². The molecule has 2 N–H and O–H groups in total. The fourth-order valence-electron chi connectivity index (χ4n) is 4.17. The molecule has 1 heterocycles. The van der Waals surface area contributed by atoms with Crippen molar-refractivity contribution in [2.24, 2.45) is 5.92 Å². The number of hydrogen-bond acceptors (Lipinski definition) is 3. The molecule has 0 aromatic heterocycles. The van der Waals surface area contributed by atoms with E-state index < -0.39 is 0 Å². The van der Waals surface area contributed by atoms with Gasteiger partial charge >= 0.3 is 6.03 Å². The third kappa shape index (κ3) is 5.66. The Morgan fingerprint density at radius 2 is 1.81 bits per heavy atom. The molecular weight excluding hydrogens is 383 g/mol. The van der Waals surface area contributed by atoms with Crippen LogP contribution < -0.4 is 15.5 Å². The molecule has 7 heteroatoms. The molecule has 27 heavy (non-hydrogen) atoms. The molecule has 1 aliphatic carbocycles. The molecule has 3 rings (SSSR count). The van der Waals surface area contributed by atoms with E-state index in [-0.39, 0.29) is 6.03 Å². The summed E-state index contributed by atoms with van der Waals surface area (Å²) in [5.74, 6) is 0.785. The zero-order chi connectivity index (χ0) is 19.2. The number of rotatable bonds is 5. The van der Waals surface area contributed by atoms with Crippen molar-refractivity contribution >= 4 is 34.9 Å². The Morgan fingerprint density at radius 3 is 2.48 bits per heavy atom. The van der Waals surface area contributed by atoms with Crippen molar-refractivity contribution in [3.05, 3.63) is 28.2 Å². The van der Waals surface area contributed by atoms with Crippen molar-refractivity contribution in [3.8, 4) is 0 Å². The zero-order valence-corrected chi connectivity index (χ0v) is 17.5. The topological polar surface area (TPSA) is 47.6 Å². The monoisotopic (exact) mass is 412 g/mol. The molecule has 2 fully saturated rings. The highest BCUT2D eigenvalue weighted by atomic mass is 35.5. The van der Waals surface area contributed by atoms with Gasteiger partial charge in [-0.15, -0.1) is 0 Å². The number of urea groups is 1. The van der Waals surface area contributed by atoms with Gasteiger partial charge in [-0.25, -0.2) is 4.79 Å². The Morgan fingerprint density at radius 1 is 1.11 bits per heavy atom. The van der Waals surface area contributed by atoms with E-state index in [0.29, 0.717) is 16.1 Å². The fraction of sp³-hybridized carbons (Fsp3) is 0.650. The van der Waals surface area contributed by atoms with E-state index in [1.54, 1.807) is 7.05 Å². The average Bonchev–Trinajstić information content (AvgIpc) is 2.70. The molecule has 1 saturated carbocycles. The van der Waals surface area contributed by atoms with Crippen LogP contribution in [0.25, 0.3) is 0 Å². The number of amides is 2. The van der Waals surface area contributed by atoms with Gasteiger partial charge in [0.1, 0.15) is 0 Å². The van der Waals surface area contributed by atoms with Crippen LogP contribution in [0.2, 0.25) is 10.0 Å². The summed E-state index contributed by atoms with van der Waals surface area (Å²) in [6.45, 7) is 5.27. The Balaban J connectivity index is 1.37. The number of piperazine rings is 1. The van der Waals surface area contributed by atoms with Crippen LogP contribution in [0.1, 0.15) is 32.1 Å². The van der Waals surface area contributed by atoms with Gasteiger partial charge in [-0.3, -0.25) is 4.90 Å². The van der Waals surface area contributed by atoms with Crippen LogP contribution in [0.5, 0.6) is 0 Å². The second kappa shape index (κ2) is 9.85. The first kappa shape index (κ1) is 20.6. The molecule has 2 amide bonds. The summed E-state index contributed by atoms with van der Waals surface area (Å²) in [5.41, 5.74) is 1.05. The van der Waals surface area contributed by atoms with Gasteiger partial charge < -0.3 is 15.5 Å². The summed E-state index contributed by atoms with van der Waals surface area (Å²) in [6.07, 6.45) is 5.88.